The van der Waals surface area contributed by atoms with Gasteiger partial charge in [0.1, 0.15) is 0 Å². The van der Waals surface area contributed by atoms with Crippen LogP contribution in [0.25, 0.3) is 6.08 Å². The maximum absolute atomic E-state index is 5.56. The maximum Gasteiger partial charge on any atom is 0.0668 e. The fraction of sp³-hybridized carbons (Fsp3) is 0.125. The zero-order chi connectivity index (χ0) is 6.97. The molecule has 2 rings (SSSR count). The minimum absolute atomic E-state index is 0.790. The van der Waals surface area contributed by atoms with E-state index in [1.807, 2.05) is 18.2 Å². The lowest BCUT2D eigenvalue weighted by molar-refractivity contribution is 1.23. The quantitative estimate of drug-likeness (QED) is 0.483. The molecule has 0 aliphatic carbocycles. The Labute approximate surface area is 58.7 Å². The molecule has 0 amide bonds. The number of hydrogen-bond acceptors (Lipinski definition) is 2. The molecule has 0 spiro atoms. The summed E-state index contributed by atoms with van der Waals surface area (Å²) in [6.07, 6.45) is 2.09. The molecular weight excluding hydrogens is 124 g/mol. The lowest BCUT2D eigenvalue weighted by Crippen LogP contribution is -2.20. The second-order valence-electron chi connectivity index (χ2n) is 2.36. The lowest BCUT2D eigenvalue weighted by Gasteiger charge is -1.87. The lowest BCUT2D eigenvalue weighted by atomic mass is 10.2. The Kier molecular flexibility index (Phi) is 1.01. The molecule has 1 aliphatic heterocycles. The molecule has 0 unspecified atom stereocenters. The van der Waals surface area contributed by atoms with Crippen LogP contribution in [-0.2, 0) is 0 Å². The highest BCUT2D eigenvalue weighted by molar-refractivity contribution is 5.41. The van der Waals surface area contributed by atoms with Crippen LogP contribution in [0, 0.1) is 0 Å². The highest BCUT2D eigenvalue weighted by Gasteiger charge is 1.92. The normalized spacial score (nSPS) is 13.6. The van der Waals surface area contributed by atoms with Crippen molar-refractivity contribution in [1.82, 2.24) is 0 Å². The van der Waals surface area contributed by atoms with Crippen molar-refractivity contribution >= 4 is 11.8 Å². The zero-order valence-electron chi connectivity index (χ0n) is 5.54. The summed E-state index contributed by atoms with van der Waals surface area (Å²) in [6.45, 7) is 0.804. The summed E-state index contributed by atoms with van der Waals surface area (Å²) in [5.74, 6) is 0. The van der Waals surface area contributed by atoms with Crippen LogP contribution >= 0.6 is 0 Å². The summed E-state index contributed by atoms with van der Waals surface area (Å²) in [7, 11) is 0. The van der Waals surface area contributed by atoms with Crippen LogP contribution in [0.1, 0.15) is 0 Å². The van der Waals surface area contributed by atoms with Crippen LogP contribution in [0.3, 0.4) is 0 Å². The Bertz CT molecular complexity index is 365. The summed E-state index contributed by atoms with van der Waals surface area (Å²) < 4.78 is 0. The van der Waals surface area contributed by atoms with Gasteiger partial charge in [-0.1, -0.05) is 12.1 Å². The van der Waals surface area contributed by atoms with Gasteiger partial charge in [0.05, 0.1) is 11.9 Å². The Balaban J connectivity index is 2.88. The van der Waals surface area contributed by atoms with E-state index in [1.54, 1.807) is 0 Å². The van der Waals surface area contributed by atoms with E-state index in [0.29, 0.717) is 0 Å². The van der Waals surface area contributed by atoms with Gasteiger partial charge in [0.2, 0.25) is 0 Å². The van der Waals surface area contributed by atoms with Crippen molar-refractivity contribution < 1.29 is 0 Å². The van der Waals surface area contributed by atoms with Crippen molar-refractivity contribution in [2.24, 2.45) is 4.99 Å². The van der Waals surface area contributed by atoms with Gasteiger partial charge in [-0.25, -0.2) is 0 Å². The van der Waals surface area contributed by atoms with Gasteiger partial charge in [0.25, 0.3) is 0 Å². The molecule has 0 fully saturated rings. The van der Waals surface area contributed by atoms with Crippen LogP contribution in [0.4, 0.5) is 5.69 Å². The van der Waals surface area contributed by atoms with E-state index in [0.717, 1.165) is 17.6 Å². The summed E-state index contributed by atoms with van der Waals surface area (Å²) in [4.78, 5) is 4.22. The molecule has 0 bridgehead atoms. The molecule has 0 radical (unpaired) electrons. The Morgan fingerprint density at radius 3 is 3.20 bits per heavy atom. The summed E-state index contributed by atoms with van der Waals surface area (Å²) in [6, 6.07) is 5.80. The predicted octanol–water partition coefficient (Wildman–Crippen LogP) is -0.318. The van der Waals surface area contributed by atoms with Gasteiger partial charge >= 0.3 is 0 Å². The number of nitrogens with two attached hydrogens (primary N) is 1. The van der Waals surface area contributed by atoms with E-state index < -0.39 is 0 Å². The van der Waals surface area contributed by atoms with E-state index in [-0.39, 0.29) is 0 Å². The smallest absolute Gasteiger partial charge is 0.0668 e. The minimum Gasteiger partial charge on any atom is -0.399 e. The second kappa shape index (κ2) is 1.84. The largest absolute Gasteiger partial charge is 0.399 e. The summed E-state index contributed by atoms with van der Waals surface area (Å²) in [5.41, 5.74) is 6.35. The first-order valence-electron chi connectivity index (χ1n) is 3.26. The minimum atomic E-state index is 0.790. The van der Waals surface area contributed by atoms with Gasteiger partial charge in [-0.3, -0.25) is 4.99 Å². The summed E-state index contributed by atoms with van der Waals surface area (Å²) in [5, 5.41) is 2.23. The molecule has 2 nitrogen and oxygen atoms in total. The average Bonchev–Trinajstić information content (AvgIpc) is 2.33. The Hall–Kier alpha value is -1.31. The third kappa shape index (κ3) is 0.692. The molecule has 0 aromatic heterocycles. The third-order valence-electron chi connectivity index (χ3n) is 1.63. The third-order valence-corrected chi connectivity index (χ3v) is 1.63. The second-order valence-corrected chi connectivity index (χ2v) is 2.36. The van der Waals surface area contributed by atoms with Gasteiger partial charge in [0.15, 0.2) is 0 Å². The van der Waals surface area contributed by atoms with E-state index in [4.69, 9.17) is 5.73 Å². The fourth-order valence-electron chi connectivity index (χ4n) is 1.11. The van der Waals surface area contributed by atoms with E-state index >= 15 is 0 Å². The van der Waals surface area contributed by atoms with Crippen LogP contribution < -0.4 is 16.3 Å². The van der Waals surface area contributed by atoms with E-state index in [9.17, 15) is 0 Å². The Morgan fingerprint density at radius 1 is 1.40 bits per heavy atom. The molecule has 0 saturated heterocycles. The Morgan fingerprint density at radius 2 is 2.30 bits per heavy atom. The van der Waals surface area contributed by atoms with Crippen LogP contribution in [0.5, 0.6) is 0 Å². The zero-order valence-corrected chi connectivity index (χ0v) is 5.54. The number of nitrogen functional groups attached to an aromatic ring is 1. The molecule has 1 aromatic rings. The van der Waals surface area contributed by atoms with Crippen molar-refractivity contribution in [3.63, 3.8) is 0 Å². The van der Waals surface area contributed by atoms with E-state index in [2.05, 4.69) is 11.1 Å². The van der Waals surface area contributed by atoms with E-state index in [1.165, 1.54) is 5.22 Å². The number of fused-ring (bicyclic) bond motifs is 1. The predicted molar refractivity (Wildman–Crippen MR) is 41.0 cm³/mol. The molecule has 1 aromatic carbocycles. The molecule has 2 N–H and O–H groups in total. The highest BCUT2D eigenvalue weighted by atomic mass is 14.7. The summed E-state index contributed by atoms with van der Waals surface area (Å²) >= 11 is 0. The average molecular weight is 132 g/mol. The standard InChI is InChI=1S/C8H8N2/c9-7-2-1-6-3-4-10-8(6)5-7/h1-3,5H,4,9H2. The SMILES string of the molecule is Nc1ccc2c(c1)=NCC=2. The van der Waals surface area contributed by atoms with Gasteiger partial charge in [-0.05, 0) is 17.4 Å². The molecule has 0 saturated carbocycles. The fourth-order valence-corrected chi connectivity index (χ4v) is 1.11. The molecule has 0 atom stereocenters. The van der Waals surface area contributed by atoms with Crippen molar-refractivity contribution in [2.45, 2.75) is 0 Å². The first-order chi connectivity index (χ1) is 4.86. The van der Waals surface area contributed by atoms with Crippen molar-refractivity contribution in [3.8, 4) is 0 Å². The van der Waals surface area contributed by atoms with Crippen LogP contribution in [0.15, 0.2) is 23.2 Å². The molecule has 50 valence electrons. The number of hydrogen-bond donors (Lipinski definition) is 1. The van der Waals surface area contributed by atoms with Crippen LogP contribution in [-0.4, -0.2) is 6.54 Å². The first kappa shape index (κ1) is 5.47. The molecular formula is C8H8N2. The molecule has 2 heteroatoms. The van der Waals surface area contributed by atoms with Gasteiger partial charge < -0.3 is 5.73 Å². The van der Waals surface area contributed by atoms with Gasteiger partial charge in [0, 0.05) is 5.69 Å². The number of rotatable bonds is 0. The van der Waals surface area contributed by atoms with Crippen molar-refractivity contribution in [2.75, 3.05) is 12.3 Å². The number of nitrogens with zero attached hydrogens (tertiary/aromatic N) is 1. The van der Waals surface area contributed by atoms with Crippen molar-refractivity contribution in [3.05, 3.63) is 28.8 Å². The number of benzene rings is 1. The topological polar surface area (TPSA) is 38.4 Å². The highest BCUT2D eigenvalue weighted by Crippen LogP contribution is 1.91. The number of anilines is 1. The molecule has 10 heavy (non-hydrogen) atoms. The first-order valence-corrected chi connectivity index (χ1v) is 3.26. The molecule has 1 heterocycles. The maximum atomic E-state index is 5.56. The van der Waals surface area contributed by atoms with Crippen LogP contribution in [0.2, 0.25) is 0 Å². The monoisotopic (exact) mass is 132 g/mol. The molecule has 1 aliphatic rings. The van der Waals surface area contributed by atoms with Crippen molar-refractivity contribution in [1.29, 1.82) is 0 Å². The van der Waals surface area contributed by atoms with Gasteiger partial charge in [-0.2, -0.15) is 0 Å². The van der Waals surface area contributed by atoms with Gasteiger partial charge in [-0.15, -0.1) is 0 Å².